The average molecular weight is 430 g/mol. The van der Waals surface area contributed by atoms with Crippen LogP contribution in [0.5, 0.6) is 0 Å². The van der Waals surface area contributed by atoms with Crippen LogP contribution in [-0.4, -0.2) is 50.9 Å². The molecule has 9 heteroatoms. The van der Waals surface area contributed by atoms with Crippen molar-refractivity contribution in [2.75, 3.05) is 18.9 Å². The van der Waals surface area contributed by atoms with E-state index in [-0.39, 0.29) is 29.5 Å². The second-order valence-corrected chi connectivity index (χ2v) is 8.53. The van der Waals surface area contributed by atoms with Gasteiger partial charge in [-0.2, -0.15) is 10.2 Å². The first kappa shape index (κ1) is 20.7. The van der Waals surface area contributed by atoms with Crippen molar-refractivity contribution in [1.29, 1.82) is 0 Å². The molecule has 1 saturated heterocycles. The number of fused-ring (bicyclic) bond motifs is 1. The predicted octanol–water partition coefficient (Wildman–Crippen LogP) is 3.47. The molecule has 1 N–H and O–H groups in total. The van der Waals surface area contributed by atoms with E-state index in [4.69, 9.17) is 4.74 Å². The van der Waals surface area contributed by atoms with Crippen LogP contribution in [0.3, 0.4) is 0 Å². The first-order valence-electron chi connectivity index (χ1n) is 10.0. The maximum atomic E-state index is 13.4. The highest BCUT2D eigenvalue weighted by Crippen LogP contribution is 2.31. The number of nitrogens with zero attached hydrogens (tertiary/aromatic N) is 4. The minimum Gasteiger partial charge on any atom is -0.376 e. The van der Waals surface area contributed by atoms with Gasteiger partial charge in [0.2, 0.25) is 5.91 Å². The third-order valence-electron chi connectivity index (χ3n) is 5.01. The van der Waals surface area contributed by atoms with Gasteiger partial charge in [-0.3, -0.25) is 4.79 Å². The summed E-state index contributed by atoms with van der Waals surface area (Å²) in [5, 5.41) is 17.7. The Hall–Kier alpha value is -2.52. The quantitative estimate of drug-likeness (QED) is 0.579. The summed E-state index contributed by atoms with van der Waals surface area (Å²) in [6.45, 7) is 5.38. The number of nitrogens with one attached hydrogen (secondary N) is 1. The maximum Gasteiger partial charge on any atom is 0.230 e. The zero-order chi connectivity index (χ0) is 21.1. The first-order valence-corrected chi connectivity index (χ1v) is 11.0. The molecule has 158 valence electrons. The molecule has 0 aliphatic carbocycles. The highest BCUT2D eigenvalue weighted by Gasteiger charge is 2.20. The van der Waals surface area contributed by atoms with Gasteiger partial charge >= 0.3 is 0 Å². The molecular weight excluding hydrogens is 405 g/mol. The lowest BCUT2D eigenvalue weighted by Gasteiger charge is -2.12. The van der Waals surface area contributed by atoms with Gasteiger partial charge in [0.05, 0.1) is 29.4 Å². The van der Waals surface area contributed by atoms with Gasteiger partial charge in [0.15, 0.2) is 0 Å². The summed E-state index contributed by atoms with van der Waals surface area (Å²) in [6, 6.07) is 6.12. The molecular formula is C21H24FN5O2S. The van der Waals surface area contributed by atoms with E-state index >= 15 is 0 Å². The van der Waals surface area contributed by atoms with Gasteiger partial charge in [-0.1, -0.05) is 25.6 Å². The van der Waals surface area contributed by atoms with Crippen LogP contribution in [0.15, 0.2) is 35.5 Å². The molecule has 2 aromatic heterocycles. The van der Waals surface area contributed by atoms with E-state index in [0.29, 0.717) is 11.6 Å². The van der Waals surface area contributed by atoms with Gasteiger partial charge in [0.25, 0.3) is 0 Å². The van der Waals surface area contributed by atoms with Crippen LogP contribution in [0.4, 0.5) is 4.39 Å². The van der Waals surface area contributed by atoms with Crippen molar-refractivity contribution in [2.24, 2.45) is 0 Å². The fourth-order valence-electron chi connectivity index (χ4n) is 3.46. The molecule has 1 amide bonds. The molecule has 0 radical (unpaired) electrons. The lowest BCUT2D eigenvalue weighted by molar-refractivity contribution is -0.119. The first-order chi connectivity index (χ1) is 14.5. The number of aromatic nitrogens is 4. The van der Waals surface area contributed by atoms with Gasteiger partial charge in [0, 0.05) is 18.5 Å². The van der Waals surface area contributed by atoms with E-state index in [1.54, 1.807) is 23.0 Å². The fourth-order valence-corrected chi connectivity index (χ4v) is 4.26. The van der Waals surface area contributed by atoms with Gasteiger partial charge in [-0.05, 0) is 43.0 Å². The average Bonchev–Trinajstić information content (AvgIpc) is 3.41. The minimum absolute atomic E-state index is 0.0776. The van der Waals surface area contributed by atoms with E-state index in [0.717, 1.165) is 41.7 Å². The molecule has 1 atom stereocenters. The molecule has 3 heterocycles. The van der Waals surface area contributed by atoms with Crippen LogP contribution >= 0.6 is 11.8 Å². The summed E-state index contributed by atoms with van der Waals surface area (Å²) >= 11 is 1.32. The Kier molecular flexibility index (Phi) is 6.29. The number of carbonyl (C=O) groups is 1. The molecule has 1 aliphatic rings. The number of hydrogen-bond donors (Lipinski definition) is 1. The van der Waals surface area contributed by atoms with E-state index in [9.17, 15) is 9.18 Å². The van der Waals surface area contributed by atoms with Crippen molar-refractivity contribution in [2.45, 2.75) is 43.7 Å². The number of thioether (sulfide) groups is 1. The molecule has 0 bridgehead atoms. The van der Waals surface area contributed by atoms with Crippen LogP contribution in [0, 0.1) is 5.82 Å². The van der Waals surface area contributed by atoms with Crippen LogP contribution < -0.4 is 5.32 Å². The van der Waals surface area contributed by atoms with Gasteiger partial charge in [0.1, 0.15) is 16.4 Å². The number of hydrogen-bond acceptors (Lipinski definition) is 6. The van der Waals surface area contributed by atoms with Crippen molar-refractivity contribution >= 4 is 28.6 Å². The van der Waals surface area contributed by atoms with E-state index in [1.807, 2.05) is 13.8 Å². The van der Waals surface area contributed by atoms with Crippen molar-refractivity contribution < 1.29 is 13.9 Å². The molecule has 0 spiro atoms. The van der Waals surface area contributed by atoms with E-state index < -0.39 is 0 Å². The number of amides is 1. The summed E-state index contributed by atoms with van der Waals surface area (Å²) in [4.78, 5) is 12.3. The number of rotatable bonds is 7. The standard InChI is InChI=1S/C21H24FN5O2S/c1-13(2)19-17-11-24-27(15-7-5-14(22)6-8-15)20(17)21(26-25-19)30-12-18(28)23-10-16-4-3-9-29-16/h5-8,11,13,16H,3-4,9-10,12H2,1-2H3,(H,23,28)/t16-/m1/s1. The fraction of sp³-hybridized carbons (Fsp3) is 0.429. The van der Waals surface area contributed by atoms with Crippen LogP contribution in [0.2, 0.25) is 0 Å². The third-order valence-corrected chi connectivity index (χ3v) is 5.96. The maximum absolute atomic E-state index is 13.4. The third kappa shape index (κ3) is 4.46. The molecule has 7 nitrogen and oxygen atoms in total. The highest BCUT2D eigenvalue weighted by molar-refractivity contribution is 8.00. The lowest BCUT2D eigenvalue weighted by Crippen LogP contribution is -2.32. The molecule has 3 aromatic rings. The summed E-state index contributed by atoms with van der Waals surface area (Å²) in [6.07, 6.45) is 3.88. The van der Waals surface area contributed by atoms with Gasteiger partial charge in [-0.25, -0.2) is 9.07 Å². The number of ether oxygens (including phenoxy) is 1. The summed E-state index contributed by atoms with van der Waals surface area (Å²) < 4.78 is 20.6. The van der Waals surface area contributed by atoms with Crippen molar-refractivity contribution in [1.82, 2.24) is 25.3 Å². The Morgan fingerprint density at radius 3 is 2.83 bits per heavy atom. The Morgan fingerprint density at radius 2 is 2.13 bits per heavy atom. The predicted molar refractivity (Wildman–Crippen MR) is 113 cm³/mol. The molecule has 30 heavy (non-hydrogen) atoms. The van der Waals surface area contributed by atoms with E-state index in [1.165, 1.54) is 23.9 Å². The molecule has 1 aromatic carbocycles. The molecule has 1 fully saturated rings. The molecule has 4 rings (SSSR count). The molecule has 1 aliphatic heterocycles. The van der Waals surface area contributed by atoms with Crippen molar-refractivity contribution in [3.8, 4) is 5.69 Å². The topological polar surface area (TPSA) is 81.9 Å². The number of halogens is 1. The summed E-state index contributed by atoms with van der Waals surface area (Å²) in [5.74, 6) is -0.00666. The summed E-state index contributed by atoms with van der Waals surface area (Å²) in [5.41, 5.74) is 2.33. The largest absolute Gasteiger partial charge is 0.376 e. The van der Waals surface area contributed by atoms with Crippen molar-refractivity contribution in [3.63, 3.8) is 0 Å². The van der Waals surface area contributed by atoms with Crippen LogP contribution in [-0.2, 0) is 9.53 Å². The Balaban J connectivity index is 1.58. The monoisotopic (exact) mass is 429 g/mol. The molecule has 0 unspecified atom stereocenters. The van der Waals surface area contributed by atoms with Gasteiger partial charge < -0.3 is 10.1 Å². The lowest BCUT2D eigenvalue weighted by atomic mass is 10.1. The Labute approximate surface area is 178 Å². The molecule has 0 saturated carbocycles. The Morgan fingerprint density at radius 1 is 1.33 bits per heavy atom. The SMILES string of the molecule is CC(C)c1nnc(SCC(=O)NC[C@H]2CCCO2)c2c1cnn2-c1ccc(F)cc1. The zero-order valence-corrected chi connectivity index (χ0v) is 17.8. The van der Waals surface area contributed by atoms with Crippen molar-refractivity contribution in [3.05, 3.63) is 42.0 Å². The highest BCUT2D eigenvalue weighted by atomic mass is 32.2. The second-order valence-electron chi connectivity index (χ2n) is 7.57. The normalized spacial score (nSPS) is 16.5. The minimum atomic E-state index is -0.310. The zero-order valence-electron chi connectivity index (χ0n) is 17.0. The number of benzene rings is 1. The van der Waals surface area contributed by atoms with Gasteiger partial charge in [-0.15, -0.1) is 5.10 Å². The smallest absolute Gasteiger partial charge is 0.230 e. The summed E-state index contributed by atoms with van der Waals surface area (Å²) in [7, 11) is 0. The van der Waals surface area contributed by atoms with Crippen LogP contribution in [0.25, 0.3) is 16.6 Å². The number of carbonyl (C=O) groups excluding carboxylic acids is 1. The Bertz CT molecular complexity index is 1030. The van der Waals surface area contributed by atoms with E-state index in [2.05, 4.69) is 20.6 Å². The van der Waals surface area contributed by atoms with Crippen LogP contribution in [0.1, 0.15) is 38.3 Å². The second kappa shape index (κ2) is 9.09.